The number of hydrogen-bond acceptors (Lipinski definition) is 8. The number of hydrogen-bond donors (Lipinski definition) is 2. The topological polar surface area (TPSA) is 140 Å². The number of nitrogens with two attached hydrogens (primary N) is 1. The molecule has 0 radical (unpaired) electrons. The quantitative estimate of drug-likeness (QED) is 0.374. The Bertz CT molecular complexity index is 1640. The summed E-state index contributed by atoms with van der Waals surface area (Å²) in [5.74, 6) is -0.257. The largest absolute Gasteiger partial charge is 0.384 e. The molecule has 196 valence electrons. The van der Waals surface area contributed by atoms with Crippen molar-refractivity contribution in [3.8, 4) is 22.4 Å². The van der Waals surface area contributed by atoms with Crippen LogP contribution in [0.25, 0.3) is 22.4 Å². The average molecular weight is 551 g/mol. The minimum absolute atomic E-state index is 0.236. The Labute approximate surface area is 224 Å². The average Bonchev–Trinajstić information content (AvgIpc) is 3.63. The first-order valence-electron chi connectivity index (χ1n) is 11.9. The van der Waals surface area contributed by atoms with Crippen molar-refractivity contribution in [1.29, 1.82) is 0 Å². The van der Waals surface area contributed by atoms with Crippen LogP contribution < -0.4 is 11.1 Å². The number of aromatic nitrogens is 3. The van der Waals surface area contributed by atoms with Crippen LogP contribution in [0.5, 0.6) is 0 Å². The van der Waals surface area contributed by atoms with Crippen LogP contribution in [-0.2, 0) is 14.8 Å². The number of amides is 2. The fraction of sp³-hybridized carbons (Fsp3) is 0.231. The molecule has 2 amide bonds. The predicted octanol–water partition coefficient (Wildman–Crippen LogP) is 3.62. The maximum atomic E-state index is 13.2. The van der Waals surface area contributed by atoms with E-state index in [2.05, 4.69) is 15.3 Å². The van der Waals surface area contributed by atoms with Crippen molar-refractivity contribution in [1.82, 2.24) is 18.8 Å². The van der Waals surface area contributed by atoms with Crippen LogP contribution in [0.1, 0.15) is 28.9 Å². The number of rotatable bonds is 6. The molecule has 3 aromatic heterocycles. The molecular weight excluding hydrogens is 524 g/mol. The van der Waals surface area contributed by atoms with E-state index in [1.165, 1.54) is 28.5 Å². The van der Waals surface area contributed by atoms with Gasteiger partial charge >= 0.3 is 0 Å². The fourth-order valence-corrected chi connectivity index (χ4v) is 6.22. The summed E-state index contributed by atoms with van der Waals surface area (Å²) in [6.45, 7) is 2.03. The second-order valence-electron chi connectivity index (χ2n) is 9.16. The van der Waals surface area contributed by atoms with E-state index in [1.807, 2.05) is 35.7 Å². The predicted molar refractivity (Wildman–Crippen MR) is 147 cm³/mol. The molecule has 1 fully saturated rings. The molecule has 0 spiro atoms. The first-order valence-corrected chi connectivity index (χ1v) is 14.6. The van der Waals surface area contributed by atoms with Gasteiger partial charge in [-0.2, -0.15) is 0 Å². The summed E-state index contributed by atoms with van der Waals surface area (Å²) in [4.78, 5) is 36.5. The second-order valence-corrected chi connectivity index (χ2v) is 11.9. The summed E-state index contributed by atoms with van der Waals surface area (Å²) in [5, 5.41) is 5.15. The highest BCUT2D eigenvalue weighted by Crippen LogP contribution is 2.30. The third kappa shape index (κ3) is 5.18. The van der Waals surface area contributed by atoms with Crippen LogP contribution in [0.4, 0.5) is 10.9 Å². The van der Waals surface area contributed by atoms with Gasteiger partial charge in [0.2, 0.25) is 15.9 Å². The molecule has 38 heavy (non-hydrogen) atoms. The lowest BCUT2D eigenvalue weighted by molar-refractivity contribution is -0.119. The van der Waals surface area contributed by atoms with Gasteiger partial charge in [-0.3, -0.25) is 9.59 Å². The van der Waals surface area contributed by atoms with Crippen LogP contribution in [0.2, 0.25) is 0 Å². The highest BCUT2D eigenvalue weighted by atomic mass is 32.2. The molecule has 10 nitrogen and oxygen atoms in total. The zero-order valence-corrected chi connectivity index (χ0v) is 22.4. The Balaban J connectivity index is 1.31. The lowest BCUT2D eigenvalue weighted by Crippen LogP contribution is -2.43. The molecule has 0 saturated carbocycles. The molecule has 1 saturated heterocycles. The van der Waals surface area contributed by atoms with Gasteiger partial charge in [0, 0.05) is 35.6 Å². The van der Waals surface area contributed by atoms with Crippen molar-refractivity contribution in [2.45, 2.75) is 25.8 Å². The van der Waals surface area contributed by atoms with E-state index in [1.54, 1.807) is 19.2 Å². The number of nitrogens with one attached hydrogen (secondary N) is 1. The zero-order chi connectivity index (χ0) is 27.0. The maximum Gasteiger partial charge on any atom is 0.256 e. The Morgan fingerprint density at radius 3 is 2.63 bits per heavy atom. The van der Waals surface area contributed by atoms with E-state index < -0.39 is 16.1 Å². The van der Waals surface area contributed by atoms with Gasteiger partial charge in [-0.25, -0.2) is 22.4 Å². The Kier molecular flexibility index (Phi) is 6.76. The highest BCUT2D eigenvalue weighted by Gasteiger charge is 2.35. The third-order valence-electron chi connectivity index (χ3n) is 6.40. The van der Waals surface area contributed by atoms with Crippen molar-refractivity contribution < 1.29 is 18.0 Å². The van der Waals surface area contributed by atoms with Crippen LogP contribution in [0.15, 0.2) is 60.2 Å². The van der Waals surface area contributed by atoms with E-state index in [0.29, 0.717) is 41.7 Å². The molecule has 12 heteroatoms. The summed E-state index contributed by atoms with van der Waals surface area (Å²) >= 11 is 1.30. The van der Waals surface area contributed by atoms with Crippen LogP contribution >= 0.6 is 11.3 Å². The van der Waals surface area contributed by atoms with Gasteiger partial charge in [0.25, 0.3) is 5.91 Å². The number of nitrogen functional groups attached to an aromatic ring is 1. The maximum absolute atomic E-state index is 13.2. The van der Waals surface area contributed by atoms with Gasteiger partial charge in [0.1, 0.15) is 11.9 Å². The van der Waals surface area contributed by atoms with Crippen LogP contribution in [-0.4, -0.2) is 57.9 Å². The van der Waals surface area contributed by atoms with E-state index in [4.69, 9.17) is 5.73 Å². The van der Waals surface area contributed by atoms with Gasteiger partial charge in [-0.15, -0.1) is 11.3 Å². The molecule has 1 aromatic carbocycles. The van der Waals surface area contributed by atoms with Gasteiger partial charge in [-0.05, 0) is 55.2 Å². The van der Waals surface area contributed by atoms with Crippen LogP contribution in [0, 0.1) is 6.92 Å². The Hall–Kier alpha value is -4.03. The van der Waals surface area contributed by atoms with Crippen molar-refractivity contribution in [3.05, 3.63) is 71.5 Å². The van der Waals surface area contributed by atoms with Crippen molar-refractivity contribution in [3.63, 3.8) is 0 Å². The molecule has 0 bridgehead atoms. The Morgan fingerprint density at radius 1 is 1.13 bits per heavy atom. The molecule has 0 unspecified atom stereocenters. The smallest absolute Gasteiger partial charge is 0.256 e. The number of carbonyl (C=O) groups is 2. The third-order valence-corrected chi connectivity index (χ3v) is 8.26. The number of nitrogens with zero attached hydrogens (tertiary/aromatic N) is 4. The Morgan fingerprint density at radius 2 is 1.89 bits per heavy atom. The van der Waals surface area contributed by atoms with Gasteiger partial charge in [0.15, 0.2) is 5.13 Å². The van der Waals surface area contributed by atoms with E-state index >= 15 is 0 Å². The minimum atomic E-state index is -3.53. The van der Waals surface area contributed by atoms with Gasteiger partial charge in [0.05, 0.1) is 17.5 Å². The number of thiazole rings is 1. The first kappa shape index (κ1) is 25.6. The minimum Gasteiger partial charge on any atom is -0.384 e. The number of aryl methyl sites for hydroxylation is 1. The summed E-state index contributed by atoms with van der Waals surface area (Å²) in [6.07, 6.45) is 5.23. The molecule has 4 aromatic rings. The second kappa shape index (κ2) is 10.0. The van der Waals surface area contributed by atoms with Crippen LogP contribution in [0.3, 0.4) is 0 Å². The number of anilines is 2. The summed E-state index contributed by atoms with van der Waals surface area (Å²) in [5.41, 5.74) is 10.0. The first-order chi connectivity index (χ1) is 18.1. The normalized spacial score (nSPS) is 15.5. The fourth-order valence-electron chi connectivity index (χ4n) is 4.61. The summed E-state index contributed by atoms with van der Waals surface area (Å²) in [7, 11) is -3.53. The number of benzene rings is 1. The molecular formula is C26H26N6O4S2. The molecule has 3 N–H and O–H groups in total. The highest BCUT2D eigenvalue weighted by molar-refractivity contribution is 7.89. The van der Waals surface area contributed by atoms with Crippen molar-refractivity contribution in [2.24, 2.45) is 0 Å². The monoisotopic (exact) mass is 550 g/mol. The SMILES string of the molecule is Cc1cc(C(=O)N2CCC[C@H]2C(=O)Nc2nc(-c3cccc(-c4ccnc(N)c4)c3)cs2)cn1S(C)(=O)=O. The standard InChI is InChI=1S/C26H26N6O4S2/c1-16-11-20(14-32(16)38(2,35)36)25(34)31-10-4-7-22(31)24(33)30-26-29-21(15-37-26)19-6-3-5-17(12-19)18-8-9-28-23(27)13-18/h3,5-6,8-9,11-15,22H,4,7,10H2,1-2H3,(H2,27,28)(H,29,30,33)/t22-/m0/s1. The number of pyridine rings is 1. The summed E-state index contributed by atoms with van der Waals surface area (Å²) < 4.78 is 25.0. The van der Waals surface area contributed by atoms with E-state index in [0.717, 1.165) is 26.9 Å². The number of likely N-dealkylation sites (tertiary alicyclic amines) is 1. The molecule has 5 rings (SSSR count). The number of carbonyl (C=O) groups excluding carboxylic acids is 2. The lowest BCUT2D eigenvalue weighted by Gasteiger charge is -2.23. The molecule has 1 atom stereocenters. The molecule has 4 heterocycles. The molecule has 1 aliphatic rings. The lowest BCUT2D eigenvalue weighted by atomic mass is 10.0. The van der Waals surface area contributed by atoms with E-state index in [-0.39, 0.29) is 17.4 Å². The molecule has 1 aliphatic heterocycles. The van der Waals surface area contributed by atoms with Crippen molar-refractivity contribution >= 4 is 44.1 Å². The van der Waals surface area contributed by atoms with Crippen molar-refractivity contribution in [2.75, 3.05) is 23.9 Å². The van der Waals surface area contributed by atoms with Gasteiger partial charge in [-0.1, -0.05) is 18.2 Å². The summed E-state index contributed by atoms with van der Waals surface area (Å²) in [6, 6.07) is 12.4. The molecule has 0 aliphatic carbocycles. The zero-order valence-electron chi connectivity index (χ0n) is 20.8. The van der Waals surface area contributed by atoms with E-state index in [9.17, 15) is 18.0 Å². The van der Waals surface area contributed by atoms with Gasteiger partial charge < -0.3 is 16.0 Å².